The van der Waals surface area contributed by atoms with E-state index in [1.54, 1.807) is 6.07 Å². The Bertz CT molecular complexity index is 1390. The summed E-state index contributed by atoms with van der Waals surface area (Å²) in [6.07, 6.45) is 1.78. The molecule has 3 atom stereocenters. The fraction of sp³-hybridized carbons (Fsp3) is 0.469. The number of anilines is 1. The summed E-state index contributed by atoms with van der Waals surface area (Å²) in [4.78, 5) is 33.5. The number of pyridine rings is 1. The number of halogens is 3. The van der Waals surface area contributed by atoms with Crippen molar-refractivity contribution in [1.82, 2.24) is 10.3 Å². The molecule has 220 valence electrons. The van der Waals surface area contributed by atoms with Crippen molar-refractivity contribution >= 4 is 56.1 Å². The Morgan fingerprint density at radius 3 is 2.76 bits per heavy atom. The molecule has 0 saturated carbocycles. The van der Waals surface area contributed by atoms with Crippen molar-refractivity contribution in [3.05, 3.63) is 68.7 Å². The maximum absolute atomic E-state index is 13.9. The van der Waals surface area contributed by atoms with Gasteiger partial charge in [-0.15, -0.1) is 0 Å². The van der Waals surface area contributed by atoms with Crippen molar-refractivity contribution in [3.63, 3.8) is 0 Å². The minimum absolute atomic E-state index is 0.0113. The molecule has 1 N–H and O–H groups in total. The van der Waals surface area contributed by atoms with E-state index in [2.05, 4.69) is 33.1 Å². The molecule has 6 nitrogen and oxygen atoms in total. The number of rotatable bonds is 11. The average Bonchev–Trinajstić information content (AvgIpc) is 2.93. The van der Waals surface area contributed by atoms with Crippen LogP contribution in [0, 0.1) is 12.8 Å². The Morgan fingerprint density at radius 2 is 2.02 bits per heavy atom. The van der Waals surface area contributed by atoms with Gasteiger partial charge in [-0.05, 0) is 68.4 Å². The second-order valence-electron chi connectivity index (χ2n) is 10.9. The number of nitrogens with one attached hydrogen (secondary N) is 1. The number of fused-ring (bicyclic) bond motifs is 1. The number of aromatic nitrogens is 1. The highest BCUT2D eigenvalue weighted by molar-refractivity contribution is 9.10. The molecule has 2 aromatic carbocycles. The summed E-state index contributed by atoms with van der Waals surface area (Å²) < 4.78 is 19.6. The minimum Gasteiger partial charge on any atom is -0.431 e. The van der Waals surface area contributed by atoms with E-state index in [1.165, 1.54) is 6.42 Å². The number of alkyl halides is 1. The zero-order valence-electron chi connectivity index (χ0n) is 23.9. The molecule has 9 heteroatoms. The summed E-state index contributed by atoms with van der Waals surface area (Å²) in [5.41, 5.74) is 3.00. The highest BCUT2D eigenvalue weighted by Gasteiger charge is 2.26. The van der Waals surface area contributed by atoms with Crippen LogP contribution in [0.3, 0.4) is 0 Å². The maximum Gasteiger partial charge on any atom is 0.308 e. The molecule has 4 rings (SSSR count). The number of benzene rings is 2. The Labute approximate surface area is 255 Å². The van der Waals surface area contributed by atoms with Crippen LogP contribution in [0.4, 0.5) is 10.2 Å². The van der Waals surface area contributed by atoms with Crippen LogP contribution in [0.1, 0.15) is 79.8 Å². The Balaban J connectivity index is 1.60. The van der Waals surface area contributed by atoms with Gasteiger partial charge in [0.15, 0.2) is 0 Å². The lowest BCUT2D eigenvalue weighted by Gasteiger charge is -2.33. The number of carbonyl (C=O) groups excluding carboxylic acids is 2. The van der Waals surface area contributed by atoms with Gasteiger partial charge in [0.2, 0.25) is 6.36 Å². The van der Waals surface area contributed by atoms with Crippen LogP contribution in [0.15, 0.2) is 46.9 Å². The summed E-state index contributed by atoms with van der Waals surface area (Å²) >= 11 is 10.1. The lowest BCUT2D eigenvalue weighted by atomic mass is 9.93. The molecule has 1 aliphatic rings. The number of hydrogen-bond donors (Lipinski definition) is 1. The van der Waals surface area contributed by atoms with Crippen molar-refractivity contribution in [2.24, 2.45) is 5.92 Å². The van der Waals surface area contributed by atoms with Crippen LogP contribution in [-0.4, -0.2) is 42.9 Å². The summed E-state index contributed by atoms with van der Waals surface area (Å²) in [6.45, 7) is 8.09. The predicted octanol–water partition coefficient (Wildman–Crippen LogP) is 8.13. The lowest BCUT2D eigenvalue weighted by molar-refractivity contribution is -0.158. The normalized spacial score (nSPS) is 16.8. The lowest BCUT2D eigenvalue weighted by Crippen LogP contribution is -2.36. The highest BCUT2D eigenvalue weighted by Crippen LogP contribution is 2.33. The molecule has 1 aliphatic heterocycles. The van der Waals surface area contributed by atoms with Crippen LogP contribution in [0.5, 0.6) is 0 Å². The van der Waals surface area contributed by atoms with Crippen LogP contribution in [-0.2, 0) is 9.53 Å². The molecule has 3 aromatic rings. The molecule has 41 heavy (non-hydrogen) atoms. The Morgan fingerprint density at radius 1 is 1.24 bits per heavy atom. The number of nitrogens with zero attached hydrogens (tertiary/aromatic N) is 2. The van der Waals surface area contributed by atoms with Crippen molar-refractivity contribution in [3.8, 4) is 0 Å². The first-order valence-electron chi connectivity index (χ1n) is 14.4. The largest absolute Gasteiger partial charge is 0.431 e. The number of ether oxygens (including phenoxy) is 1. The number of hydrogen-bond acceptors (Lipinski definition) is 5. The van der Waals surface area contributed by atoms with Gasteiger partial charge in [0.1, 0.15) is 5.82 Å². The molecule has 1 fully saturated rings. The van der Waals surface area contributed by atoms with Gasteiger partial charge in [0.25, 0.3) is 5.91 Å². The van der Waals surface area contributed by atoms with E-state index < -0.39 is 12.3 Å². The number of carbonyl (C=O) groups is 2. The summed E-state index contributed by atoms with van der Waals surface area (Å²) in [5.74, 6) is 0.309. The predicted molar refractivity (Wildman–Crippen MR) is 166 cm³/mol. The molecule has 0 spiro atoms. The first-order valence-corrected chi connectivity index (χ1v) is 15.6. The topological polar surface area (TPSA) is 71.5 Å². The molecule has 1 amide bonds. The minimum atomic E-state index is -1.61. The van der Waals surface area contributed by atoms with E-state index in [-0.39, 0.29) is 31.2 Å². The zero-order chi connectivity index (χ0) is 29.5. The molecule has 1 aromatic heterocycles. The molecule has 1 saturated heterocycles. The number of piperidine rings is 1. The molecule has 0 radical (unpaired) electrons. The van der Waals surface area contributed by atoms with Crippen LogP contribution in [0.25, 0.3) is 10.9 Å². The molecule has 3 unspecified atom stereocenters. The Hall–Kier alpha value is -2.71. The van der Waals surface area contributed by atoms with Gasteiger partial charge in [0.05, 0.1) is 11.1 Å². The van der Waals surface area contributed by atoms with Crippen molar-refractivity contribution in [1.29, 1.82) is 0 Å². The molecular weight excluding hydrogens is 609 g/mol. The standard InChI is InChI=1S/C32H38BrClFN3O3/c1-4-8-28(35)41-29(39)15-12-22(24-10-5-6-11-26(24)34)18-36-32(40)30-21(3)31(38-16-7-9-20(2)19-38)37-27-14-13-23(33)17-25(27)30/h5-6,10-11,13-14,17,20,22,28H,4,7-9,12,15-16,18-19H2,1-3H3,(H,36,40). The van der Waals surface area contributed by atoms with Crippen molar-refractivity contribution in [2.45, 2.75) is 71.6 Å². The molecule has 0 bridgehead atoms. The van der Waals surface area contributed by atoms with Gasteiger partial charge in [0, 0.05) is 58.8 Å². The first-order chi connectivity index (χ1) is 19.7. The maximum atomic E-state index is 13.9. The fourth-order valence-electron chi connectivity index (χ4n) is 5.56. The molecule has 0 aliphatic carbocycles. The second-order valence-corrected chi connectivity index (χ2v) is 12.3. The van der Waals surface area contributed by atoms with Gasteiger partial charge < -0.3 is 15.0 Å². The third-order valence-electron chi connectivity index (χ3n) is 7.67. The first kappa shape index (κ1) is 31.2. The van der Waals surface area contributed by atoms with Crippen molar-refractivity contribution in [2.75, 3.05) is 24.5 Å². The fourth-order valence-corrected chi connectivity index (χ4v) is 6.21. The summed E-state index contributed by atoms with van der Waals surface area (Å²) in [6, 6.07) is 13.2. The summed E-state index contributed by atoms with van der Waals surface area (Å²) in [7, 11) is 0. The van der Waals surface area contributed by atoms with E-state index in [0.29, 0.717) is 29.3 Å². The van der Waals surface area contributed by atoms with Gasteiger partial charge in [-0.25, -0.2) is 9.37 Å². The average molecular weight is 647 g/mol. The smallest absolute Gasteiger partial charge is 0.308 e. The molecular formula is C32H38BrClFN3O3. The summed E-state index contributed by atoms with van der Waals surface area (Å²) in [5, 5.41) is 4.43. The van der Waals surface area contributed by atoms with E-state index >= 15 is 0 Å². The van der Waals surface area contributed by atoms with Crippen molar-refractivity contribution < 1.29 is 18.7 Å². The van der Waals surface area contributed by atoms with E-state index in [0.717, 1.165) is 51.8 Å². The van der Waals surface area contributed by atoms with E-state index in [9.17, 15) is 14.0 Å². The van der Waals surface area contributed by atoms with Crippen LogP contribution >= 0.6 is 27.5 Å². The monoisotopic (exact) mass is 645 g/mol. The zero-order valence-corrected chi connectivity index (χ0v) is 26.2. The quantitative estimate of drug-likeness (QED) is 0.213. The Kier molecular flexibility index (Phi) is 11.0. The SMILES string of the molecule is CCCC(F)OC(=O)CCC(CNC(=O)c1c(C)c(N2CCCC(C)C2)nc2ccc(Br)cc12)c1ccccc1Cl. The highest BCUT2D eigenvalue weighted by atomic mass is 79.9. The van der Waals surface area contributed by atoms with Gasteiger partial charge >= 0.3 is 5.97 Å². The van der Waals surface area contributed by atoms with E-state index in [1.807, 2.05) is 50.2 Å². The second kappa shape index (κ2) is 14.5. The van der Waals surface area contributed by atoms with Gasteiger partial charge in [-0.3, -0.25) is 9.59 Å². The van der Waals surface area contributed by atoms with Crippen LogP contribution < -0.4 is 10.2 Å². The number of esters is 1. The van der Waals surface area contributed by atoms with Gasteiger partial charge in [-0.2, -0.15) is 0 Å². The molecule has 2 heterocycles. The van der Waals surface area contributed by atoms with Gasteiger partial charge in [-0.1, -0.05) is 59.6 Å². The number of amides is 1. The van der Waals surface area contributed by atoms with Crippen LogP contribution in [0.2, 0.25) is 5.02 Å². The van der Waals surface area contributed by atoms with E-state index in [4.69, 9.17) is 21.3 Å². The third-order valence-corrected chi connectivity index (χ3v) is 8.51. The third kappa shape index (κ3) is 7.98.